The molecule has 1 aliphatic rings. The Kier molecular flexibility index (Phi) is 2.44. The van der Waals surface area contributed by atoms with E-state index in [2.05, 4.69) is 30.0 Å². The molecular formula is C5H13BN2S. The van der Waals surface area contributed by atoms with E-state index in [9.17, 15) is 0 Å². The van der Waals surface area contributed by atoms with E-state index < -0.39 is 0 Å². The minimum atomic E-state index is 0.616. The summed E-state index contributed by atoms with van der Waals surface area (Å²) in [6.45, 7) is 2.42. The van der Waals surface area contributed by atoms with E-state index in [1.54, 1.807) is 0 Å². The summed E-state index contributed by atoms with van der Waals surface area (Å²) in [6, 6.07) is 0. The molecular weight excluding hydrogens is 131 g/mol. The molecule has 0 aromatic carbocycles. The number of hydrogen-bond donors (Lipinski definition) is 0. The molecule has 0 aromatic rings. The fourth-order valence-electron chi connectivity index (χ4n) is 1.23. The molecule has 52 valence electrons. The summed E-state index contributed by atoms with van der Waals surface area (Å²) in [4.78, 5) is 4.73. The maximum atomic E-state index is 2.37. The van der Waals surface area contributed by atoms with E-state index in [1.165, 1.54) is 13.1 Å². The van der Waals surface area contributed by atoms with Crippen LogP contribution in [0.2, 0.25) is 0 Å². The highest BCUT2D eigenvalue weighted by molar-refractivity contribution is 8.24. The molecule has 0 aliphatic carbocycles. The molecule has 0 unspecified atom stereocenters. The first-order chi connectivity index (χ1) is 4.25. The zero-order valence-electron chi connectivity index (χ0n) is 6.29. The second-order valence-electron chi connectivity index (χ2n) is 2.52. The molecule has 0 spiro atoms. The summed E-state index contributed by atoms with van der Waals surface area (Å²) in [5, 5.41) is 0. The highest BCUT2D eigenvalue weighted by atomic mass is 32.2. The second kappa shape index (κ2) is 2.95. The summed E-state index contributed by atoms with van der Waals surface area (Å²) < 4.78 is 0. The van der Waals surface area contributed by atoms with Crippen LogP contribution in [-0.4, -0.2) is 49.3 Å². The Hall–Kier alpha value is 0.335. The first-order valence-corrected chi connectivity index (χ1v) is 4.48. The third-order valence-electron chi connectivity index (χ3n) is 1.77. The van der Waals surface area contributed by atoms with Crippen LogP contribution in [0.4, 0.5) is 0 Å². The Bertz CT molecular complexity index is 91.0. The summed E-state index contributed by atoms with van der Waals surface area (Å²) in [5.41, 5.74) is 0. The van der Waals surface area contributed by atoms with Gasteiger partial charge in [-0.25, -0.2) is 0 Å². The van der Waals surface area contributed by atoms with Crippen LogP contribution in [-0.2, 0) is 0 Å². The minimum Gasteiger partial charge on any atom is -0.320 e. The van der Waals surface area contributed by atoms with Gasteiger partial charge in [0.05, 0.1) is 0 Å². The van der Waals surface area contributed by atoms with E-state index in [0.29, 0.717) is 6.26 Å². The Balaban J connectivity index is 2.44. The Labute approximate surface area is 61.6 Å². The van der Waals surface area contributed by atoms with E-state index in [4.69, 9.17) is 0 Å². The molecule has 0 bridgehead atoms. The van der Waals surface area contributed by atoms with Gasteiger partial charge in [0.15, 0.2) is 0 Å². The first kappa shape index (κ1) is 7.44. The predicted molar refractivity (Wildman–Crippen MR) is 44.5 cm³/mol. The van der Waals surface area contributed by atoms with Crippen LogP contribution in [0.15, 0.2) is 0 Å². The highest BCUT2D eigenvalue weighted by Gasteiger charge is 2.30. The minimum absolute atomic E-state index is 0.616. The lowest BCUT2D eigenvalue weighted by atomic mass is 10.1. The van der Waals surface area contributed by atoms with Crippen molar-refractivity contribution < 1.29 is 0 Å². The fourth-order valence-corrected chi connectivity index (χ4v) is 2.16. The van der Waals surface area contributed by atoms with Crippen molar-refractivity contribution in [1.82, 2.24) is 9.62 Å². The van der Waals surface area contributed by atoms with Crippen molar-refractivity contribution >= 4 is 17.9 Å². The van der Waals surface area contributed by atoms with Gasteiger partial charge >= 0.3 is 6.26 Å². The summed E-state index contributed by atoms with van der Waals surface area (Å²) in [6.07, 6.45) is 2.77. The Morgan fingerprint density at radius 1 is 1.22 bits per heavy atom. The van der Waals surface area contributed by atoms with Crippen molar-refractivity contribution in [1.29, 1.82) is 0 Å². The van der Waals surface area contributed by atoms with Gasteiger partial charge in [-0.15, -0.1) is 0 Å². The van der Waals surface area contributed by atoms with Crippen LogP contribution >= 0.6 is 11.6 Å². The molecule has 0 amide bonds. The third kappa shape index (κ3) is 1.42. The van der Waals surface area contributed by atoms with Gasteiger partial charge in [-0.3, -0.25) is 0 Å². The first-order valence-electron chi connectivity index (χ1n) is 3.19. The molecule has 9 heavy (non-hydrogen) atoms. The fraction of sp³-hybridized carbons (Fsp3) is 1.00. The predicted octanol–water partition coefficient (Wildman–Crippen LogP) is 0.211. The molecule has 0 atom stereocenters. The highest BCUT2D eigenvalue weighted by Crippen LogP contribution is 2.14. The molecule has 4 heteroatoms. The van der Waals surface area contributed by atoms with Gasteiger partial charge in [-0.1, -0.05) is 0 Å². The molecule has 2 nitrogen and oxygen atoms in total. The number of nitrogens with zero attached hydrogens (tertiary/aromatic N) is 2. The lowest BCUT2D eigenvalue weighted by molar-refractivity contribution is 0.553. The smallest absolute Gasteiger partial charge is 0.320 e. The van der Waals surface area contributed by atoms with Crippen LogP contribution in [0.25, 0.3) is 0 Å². The van der Waals surface area contributed by atoms with Crippen LogP contribution in [0, 0.1) is 0 Å². The number of likely N-dealkylation sites (N-methyl/N-ethyl adjacent to an activating group) is 2. The zero-order chi connectivity index (χ0) is 6.85. The number of rotatable bonds is 1. The van der Waals surface area contributed by atoms with Crippen molar-refractivity contribution in [3.63, 3.8) is 0 Å². The SMILES string of the molecule is CSB1N(C)CCN1C. The van der Waals surface area contributed by atoms with E-state index in [-0.39, 0.29) is 0 Å². The number of hydrogen-bond acceptors (Lipinski definition) is 3. The normalized spacial score (nSPS) is 23.7. The van der Waals surface area contributed by atoms with Crippen molar-refractivity contribution in [3.05, 3.63) is 0 Å². The van der Waals surface area contributed by atoms with Crippen molar-refractivity contribution in [2.45, 2.75) is 0 Å². The summed E-state index contributed by atoms with van der Waals surface area (Å²) in [5.74, 6) is 0. The molecule has 1 saturated heterocycles. The zero-order valence-corrected chi connectivity index (χ0v) is 7.11. The Morgan fingerprint density at radius 2 is 1.67 bits per heavy atom. The lowest BCUT2D eigenvalue weighted by Gasteiger charge is -2.16. The second-order valence-corrected chi connectivity index (χ2v) is 3.42. The molecule has 1 fully saturated rings. The van der Waals surface area contributed by atoms with Crippen LogP contribution in [0.3, 0.4) is 0 Å². The molecule has 0 N–H and O–H groups in total. The molecule has 1 heterocycles. The molecule has 1 aliphatic heterocycles. The van der Waals surface area contributed by atoms with Crippen LogP contribution in [0.5, 0.6) is 0 Å². The van der Waals surface area contributed by atoms with E-state index in [0.717, 1.165) is 0 Å². The molecule has 0 saturated carbocycles. The summed E-state index contributed by atoms with van der Waals surface area (Å²) in [7, 11) is 4.34. The van der Waals surface area contributed by atoms with Gasteiger partial charge < -0.3 is 9.62 Å². The van der Waals surface area contributed by atoms with Gasteiger partial charge in [0.1, 0.15) is 0 Å². The summed E-state index contributed by atoms with van der Waals surface area (Å²) >= 11 is 1.90. The molecule has 0 aromatic heterocycles. The molecule has 1 rings (SSSR count). The van der Waals surface area contributed by atoms with Gasteiger partial charge in [0.2, 0.25) is 0 Å². The van der Waals surface area contributed by atoms with Gasteiger partial charge in [0.25, 0.3) is 0 Å². The largest absolute Gasteiger partial charge is 0.381 e. The van der Waals surface area contributed by atoms with Crippen molar-refractivity contribution in [2.24, 2.45) is 0 Å². The van der Waals surface area contributed by atoms with E-state index >= 15 is 0 Å². The average Bonchev–Trinajstić information content (AvgIpc) is 2.12. The van der Waals surface area contributed by atoms with Crippen molar-refractivity contribution in [3.8, 4) is 0 Å². The monoisotopic (exact) mass is 144 g/mol. The lowest BCUT2D eigenvalue weighted by Crippen LogP contribution is -2.36. The quantitative estimate of drug-likeness (QED) is 0.486. The average molecular weight is 144 g/mol. The topological polar surface area (TPSA) is 6.48 Å². The van der Waals surface area contributed by atoms with Gasteiger partial charge in [-0.05, 0) is 20.4 Å². The Morgan fingerprint density at radius 3 is 1.89 bits per heavy atom. The molecule has 0 radical (unpaired) electrons. The van der Waals surface area contributed by atoms with Crippen molar-refractivity contribution in [2.75, 3.05) is 33.4 Å². The third-order valence-corrected chi connectivity index (χ3v) is 2.91. The van der Waals surface area contributed by atoms with E-state index in [1.807, 2.05) is 11.6 Å². The van der Waals surface area contributed by atoms with Crippen LogP contribution in [0.1, 0.15) is 0 Å². The van der Waals surface area contributed by atoms with Crippen LogP contribution < -0.4 is 0 Å². The maximum Gasteiger partial charge on any atom is 0.381 e. The van der Waals surface area contributed by atoms with Gasteiger partial charge in [0, 0.05) is 13.1 Å². The van der Waals surface area contributed by atoms with Gasteiger partial charge in [-0.2, -0.15) is 11.6 Å². The standard InChI is InChI=1S/C5H13BN2S/c1-7-4-5-8(2)6(7)9-3/h4-5H2,1-3H3. The maximum absolute atomic E-state index is 2.37.